The van der Waals surface area contributed by atoms with Gasteiger partial charge in [0.2, 0.25) is 0 Å². The number of halogens is 4. The lowest BCUT2D eigenvalue weighted by Gasteiger charge is -2.17. The van der Waals surface area contributed by atoms with Gasteiger partial charge in [-0.1, -0.05) is 0 Å². The lowest BCUT2D eigenvalue weighted by atomic mass is 10.3. The van der Waals surface area contributed by atoms with E-state index in [0.29, 0.717) is 29.4 Å². The van der Waals surface area contributed by atoms with E-state index in [9.17, 15) is 0 Å². The Morgan fingerprint density at radius 3 is 1.17 bits per heavy atom. The Morgan fingerprint density at radius 2 is 0.944 bits per heavy atom. The Balaban J connectivity index is 3.18. The average molecular weight is 514 g/mol. The molecule has 2 N–H and O–H groups in total. The van der Waals surface area contributed by atoms with E-state index in [2.05, 4.69) is 63.7 Å². The van der Waals surface area contributed by atoms with E-state index in [-0.39, 0.29) is 26.4 Å². The van der Waals surface area contributed by atoms with Crippen LogP contribution >= 0.6 is 63.7 Å². The maximum absolute atomic E-state index is 8.79. The average Bonchev–Trinajstić information content (AvgIpc) is 2.37. The molecule has 0 spiro atoms. The summed E-state index contributed by atoms with van der Waals surface area (Å²) in [5.41, 5.74) is 0. The molecule has 1 aromatic carbocycles. The van der Waals surface area contributed by atoms with Crippen molar-refractivity contribution in [3.05, 3.63) is 17.9 Å². The van der Waals surface area contributed by atoms with E-state index in [4.69, 9.17) is 19.7 Å². The van der Waals surface area contributed by atoms with Crippen molar-refractivity contribution < 1.29 is 19.7 Å². The zero-order chi connectivity index (χ0) is 13.7. The first-order valence-corrected chi connectivity index (χ1v) is 8.05. The van der Waals surface area contributed by atoms with Crippen LogP contribution in [-0.4, -0.2) is 36.6 Å². The van der Waals surface area contributed by atoms with Crippen LogP contribution in [-0.2, 0) is 0 Å². The molecular formula is C10H10Br4O4. The standard InChI is InChI=1S/C10H10Br4O4/c11-5-7(13)10(18-4-2-16)8(14)6(12)9(5)17-3-1-15/h15-16H,1-4H2. The molecule has 18 heavy (non-hydrogen) atoms. The molecule has 0 fully saturated rings. The molecule has 0 atom stereocenters. The maximum atomic E-state index is 8.79. The third kappa shape index (κ3) is 3.83. The minimum atomic E-state index is -0.0725. The summed E-state index contributed by atoms with van der Waals surface area (Å²) in [6, 6.07) is 0. The summed E-state index contributed by atoms with van der Waals surface area (Å²) < 4.78 is 13.5. The fourth-order valence-corrected chi connectivity index (χ4v) is 3.64. The second kappa shape index (κ2) is 8.06. The molecule has 0 aliphatic carbocycles. The molecule has 0 aliphatic rings. The molecule has 0 amide bonds. The van der Waals surface area contributed by atoms with Crippen LogP contribution < -0.4 is 9.47 Å². The Labute approximate surface area is 138 Å². The highest BCUT2D eigenvalue weighted by atomic mass is 79.9. The van der Waals surface area contributed by atoms with Crippen LogP contribution in [0.3, 0.4) is 0 Å². The third-order valence-electron chi connectivity index (χ3n) is 1.86. The van der Waals surface area contributed by atoms with Crippen molar-refractivity contribution in [3.8, 4) is 11.5 Å². The zero-order valence-corrected chi connectivity index (χ0v) is 15.4. The highest BCUT2D eigenvalue weighted by Crippen LogP contribution is 2.50. The number of ether oxygens (including phenoxy) is 2. The molecule has 0 heterocycles. The summed E-state index contributed by atoms with van der Waals surface area (Å²) in [6.07, 6.45) is 0. The van der Waals surface area contributed by atoms with Gasteiger partial charge < -0.3 is 19.7 Å². The highest BCUT2D eigenvalue weighted by molar-refractivity contribution is 9.14. The van der Waals surface area contributed by atoms with Crippen molar-refractivity contribution in [2.24, 2.45) is 0 Å². The van der Waals surface area contributed by atoms with E-state index in [1.165, 1.54) is 0 Å². The molecule has 0 aromatic heterocycles. The van der Waals surface area contributed by atoms with E-state index < -0.39 is 0 Å². The molecule has 1 rings (SSSR count). The molecule has 0 unspecified atom stereocenters. The van der Waals surface area contributed by atoms with E-state index in [0.717, 1.165) is 0 Å². The van der Waals surface area contributed by atoms with Gasteiger partial charge in [0, 0.05) is 0 Å². The molecule has 4 nitrogen and oxygen atoms in total. The number of aliphatic hydroxyl groups excluding tert-OH is 2. The van der Waals surface area contributed by atoms with Crippen molar-refractivity contribution in [3.63, 3.8) is 0 Å². The van der Waals surface area contributed by atoms with Gasteiger partial charge in [-0.25, -0.2) is 0 Å². The molecule has 102 valence electrons. The van der Waals surface area contributed by atoms with Gasteiger partial charge >= 0.3 is 0 Å². The quantitative estimate of drug-likeness (QED) is 0.572. The minimum absolute atomic E-state index is 0.0725. The Bertz CT molecular complexity index is 357. The molecule has 8 heteroatoms. The summed E-state index contributed by atoms with van der Waals surface area (Å²) in [6.45, 7) is 0.230. The molecule has 0 radical (unpaired) electrons. The first-order valence-electron chi connectivity index (χ1n) is 4.87. The van der Waals surface area contributed by atoms with Crippen molar-refractivity contribution >= 4 is 63.7 Å². The van der Waals surface area contributed by atoms with Crippen molar-refractivity contribution in [2.45, 2.75) is 0 Å². The van der Waals surface area contributed by atoms with Crippen LogP contribution in [0.15, 0.2) is 17.9 Å². The smallest absolute Gasteiger partial charge is 0.150 e. The predicted molar refractivity (Wildman–Crippen MR) is 82.4 cm³/mol. The Morgan fingerprint density at radius 1 is 0.667 bits per heavy atom. The lowest BCUT2D eigenvalue weighted by molar-refractivity contribution is 0.195. The van der Waals surface area contributed by atoms with Crippen LogP contribution in [0.25, 0.3) is 0 Å². The van der Waals surface area contributed by atoms with Crippen molar-refractivity contribution in [1.82, 2.24) is 0 Å². The lowest BCUT2D eigenvalue weighted by Crippen LogP contribution is -2.06. The summed E-state index contributed by atoms with van der Waals surface area (Å²) in [4.78, 5) is 0. The number of hydrogen-bond acceptors (Lipinski definition) is 4. The number of aliphatic hydroxyl groups is 2. The maximum Gasteiger partial charge on any atom is 0.150 e. The molecular weight excluding hydrogens is 504 g/mol. The predicted octanol–water partition coefficient (Wildman–Crippen LogP) is 3.48. The van der Waals surface area contributed by atoms with E-state index in [1.807, 2.05) is 0 Å². The second-order valence-corrected chi connectivity index (χ2v) is 6.23. The van der Waals surface area contributed by atoms with E-state index in [1.54, 1.807) is 0 Å². The van der Waals surface area contributed by atoms with E-state index >= 15 is 0 Å². The van der Waals surface area contributed by atoms with Gasteiger partial charge in [-0.05, 0) is 63.7 Å². The van der Waals surface area contributed by atoms with Crippen molar-refractivity contribution in [2.75, 3.05) is 26.4 Å². The number of rotatable bonds is 6. The fourth-order valence-electron chi connectivity index (χ4n) is 1.14. The Kier molecular flexibility index (Phi) is 7.48. The van der Waals surface area contributed by atoms with Gasteiger partial charge in [-0.15, -0.1) is 0 Å². The largest absolute Gasteiger partial charge is 0.489 e. The molecule has 0 bridgehead atoms. The third-order valence-corrected chi connectivity index (χ3v) is 5.95. The first kappa shape index (κ1) is 16.7. The molecule has 1 aromatic rings. The molecule has 0 aliphatic heterocycles. The van der Waals surface area contributed by atoms with Gasteiger partial charge in [0.25, 0.3) is 0 Å². The molecule has 0 saturated heterocycles. The van der Waals surface area contributed by atoms with Gasteiger partial charge in [0.05, 0.1) is 31.1 Å². The van der Waals surface area contributed by atoms with Crippen molar-refractivity contribution in [1.29, 1.82) is 0 Å². The Hall–Kier alpha value is 0.660. The molecule has 0 saturated carbocycles. The number of hydrogen-bond donors (Lipinski definition) is 2. The number of benzene rings is 1. The highest BCUT2D eigenvalue weighted by Gasteiger charge is 2.21. The van der Waals surface area contributed by atoms with Crippen LogP contribution in [0.4, 0.5) is 0 Å². The summed E-state index contributed by atoms with van der Waals surface area (Å²) in [5.74, 6) is 1.11. The van der Waals surface area contributed by atoms with Gasteiger partial charge in [-0.2, -0.15) is 0 Å². The zero-order valence-electron chi connectivity index (χ0n) is 9.05. The van der Waals surface area contributed by atoms with Gasteiger partial charge in [0.1, 0.15) is 24.7 Å². The first-order chi connectivity index (χ1) is 8.54. The van der Waals surface area contributed by atoms with Crippen LogP contribution in [0.1, 0.15) is 0 Å². The fraction of sp³-hybridized carbons (Fsp3) is 0.400. The monoisotopic (exact) mass is 510 g/mol. The van der Waals surface area contributed by atoms with Crippen LogP contribution in [0, 0.1) is 0 Å². The summed E-state index contributed by atoms with van der Waals surface area (Å²) in [7, 11) is 0. The topological polar surface area (TPSA) is 58.9 Å². The SMILES string of the molecule is OCCOc1c(Br)c(Br)c(OCCO)c(Br)c1Br. The second-order valence-electron chi connectivity index (χ2n) is 3.06. The van der Waals surface area contributed by atoms with Crippen LogP contribution in [0.2, 0.25) is 0 Å². The van der Waals surface area contributed by atoms with Gasteiger partial charge in [-0.3, -0.25) is 0 Å². The summed E-state index contributed by atoms with van der Waals surface area (Å²) >= 11 is 13.6. The van der Waals surface area contributed by atoms with Gasteiger partial charge in [0.15, 0.2) is 0 Å². The summed E-state index contributed by atoms with van der Waals surface area (Å²) in [5, 5.41) is 17.6. The normalized spacial score (nSPS) is 10.6. The minimum Gasteiger partial charge on any atom is -0.489 e. The van der Waals surface area contributed by atoms with Crippen LogP contribution in [0.5, 0.6) is 11.5 Å².